The second kappa shape index (κ2) is 9.02. The molecule has 1 fully saturated rings. The third-order valence-corrected chi connectivity index (χ3v) is 5.13. The second-order valence-electron chi connectivity index (χ2n) is 6.46. The molecule has 0 spiro atoms. The topological polar surface area (TPSA) is 44.4 Å². The molecule has 0 atom stereocenters. The molecule has 0 aromatic heterocycles. The summed E-state index contributed by atoms with van der Waals surface area (Å²) in [7, 11) is 1.90. The van der Waals surface area contributed by atoms with Gasteiger partial charge in [-0.25, -0.2) is 0 Å². The van der Waals surface area contributed by atoms with E-state index < -0.39 is 0 Å². The van der Waals surface area contributed by atoms with Gasteiger partial charge in [0.2, 0.25) is 0 Å². The SMILES string of the molecule is C=C(/C=C/c1ccc(C(=O)N2CCNCC2)cc1)c1cc(Br)ccc1NC. The molecule has 27 heavy (non-hydrogen) atoms. The Morgan fingerprint density at radius 2 is 1.89 bits per heavy atom. The van der Waals surface area contributed by atoms with Gasteiger partial charge in [-0.3, -0.25) is 4.79 Å². The summed E-state index contributed by atoms with van der Waals surface area (Å²) in [6.07, 6.45) is 4.01. The number of carbonyl (C=O) groups is 1. The highest BCUT2D eigenvalue weighted by Gasteiger charge is 2.17. The van der Waals surface area contributed by atoms with Crippen LogP contribution >= 0.6 is 15.9 Å². The predicted molar refractivity (Wildman–Crippen MR) is 117 cm³/mol. The van der Waals surface area contributed by atoms with Gasteiger partial charge in [0.1, 0.15) is 0 Å². The van der Waals surface area contributed by atoms with Crippen molar-refractivity contribution in [2.45, 2.75) is 0 Å². The van der Waals surface area contributed by atoms with Gasteiger partial charge < -0.3 is 15.5 Å². The van der Waals surface area contributed by atoms with Gasteiger partial charge >= 0.3 is 0 Å². The van der Waals surface area contributed by atoms with Crippen LogP contribution in [0.25, 0.3) is 11.6 Å². The molecule has 1 saturated heterocycles. The van der Waals surface area contributed by atoms with Crippen LogP contribution in [0.15, 0.2) is 59.6 Å². The zero-order valence-electron chi connectivity index (χ0n) is 15.5. The normalized spacial score (nSPS) is 14.4. The highest BCUT2D eigenvalue weighted by atomic mass is 79.9. The first-order valence-electron chi connectivity index (χ1n) is 9.03. The molecule has 140 valence electrons. The lowest BCUT2D eigenvalue weighted by molar-refractivity contribution is 0.0736. The maximum atomic E-state index is 12.5. The van der Waals surface area contributed by atoms with Crippen molar-refractivity contribution in [3.8, 4) is 0 Å². The molecule has 5 heteroatoms. The fourth-order valence-corrected chi connectivity index (χ4v) is 3.44. The molecule has 2 N–H and O–H groups in total. The Bertz CT molecular complexity index is 852. The number of rotatable bonds is 5. The number of allylic oxidation sites excluding steroid dienone is 2. The molecule has 3 rings (SSSR count). The number of hydrogen-bond acceptors (Lipinski definition) is 3. The van der Waals surface area contributed by atoms with Gasteiger partial charge in [0.25, 0.3) is 5.91 Å². The zero-order valence-corrected chi connectivity index (χ0v) is 17.1. The Hall–Kier alpha value is -2.37. The number of carbonyl (C=O) groups excluding carboxylic acids is 1. The molecular formula is C22H24BrN3O. The molecule has 0 bridgehead atoms. The van der Waals surface area contributed by atoms with E-state index in [4.69, 9.17) is 0 Å². The lowest BCUT2D eigenvalue weighted by Gasteiger charge is -2.27. The van der Waals surface area contributed by atoms with Crippen molar-refractivity contribution in [1.82, 2.24) is 10.2 Å². The maximum Gasteiger partial charge on any atom is 0.253 e. The molecular weight excluding hydrogens is 402 g/mol. The van der Waals surface area contributed by atoms with E-state index in [-0.39, 0.29) is 5.91 Å². The standard InChI is InChI=1S/C22H24BrN3O/c1-16(20-15-19(23)9-10-21(20)24-2)3-4-17-5-7-18(8-6-17)22(27)26-13-11-25-12-14-26/h3-10,15,24-25H,1,11-14H2,2H3/b4-3+. The molecule has 1 aliphatic rings. The molecule has 0 aliphatic carbocycles. The van der Waals surface area contributed by atoms with Crippen LogP contribution in [0.5, 0.6) is 0 Å². The first kappa shape index (κ1) is 19.4. The summed E-state index contributed by atoms with van der Waals surface area (Å²) < 4.78 is 1.02. The van der Waals surface area contributed by atoms with Crippen LogP contribution in [-0.2, 0) is 0 Å². The number of halogens is 1. The van der Waals surface area contributed by atoms with Gasteiger partial charge in [-0.15, -0.1) is 0 Å². The molecule has 4 nitrogen and oxygen atoms in total. The van der Waals surface area contributed by atoms with Gasteiger partial charge in [0, 0.05) is 54.5 Å². The quantitative estimate of drug-likeness (QED) is 0.703. The van der Waals surface area contributed by atoms with Crippen LogP contribution in [-0.4, -0.2) is 44.0 Å². The Labute approximate surface area is 169 Å². The highest BCUT2D eigenvalue weighted by molar-refractivity contribution is 9.10. The third kappa shape index (κ3) is 4.87. The van der Waals surface area contributed by atoms with Crippen LogP contribution in [0.2, 0.25) is 0 Å². The first-order chi connectivity index (χ1) is 13.1. The van der Waals surface area contributed by atoms with Crippen molar-refractivity contribution in [1.29, 1.82) is 0 Å². The van der Waals surface area contributed by atoms with Gasteiger partial charge in [-0.2, -0.15) is 0 Å². The Morgan fingerprint density at radius 3 is 2.56 bits per heavy atom. The van der Waals surface area contributed by atoms with Crippen molar-refractivity contribution in [3.05, 3.63) is 76.3 Å². The minimum atomic E-state index is 0.101. The monoisotopic (exact) mass is 425 g/mol. The minimum absolute atomic E-state index is 0.101. The third-order valence-electron chi connectivity index (χ3n) is 4.64. The van der Waals surface area contributed by atoms with E-state index in [1.165, 1.54) is 0 Å². The molecule has 2 aromatic carbocycles. The summed E-state index contributed by atoms with van der Waals surface area (Å²) in [6, 6.07) is 13.8. The van der Waals surface area contributed by atoms with Crippen molar-refractivity contribution >= 4 is 39.2 Å². The van der Waals surface area contributed by atoms with Crippen LogP contribution in [0.1, 0.15) is 21.5 Å². The summed E-state index contributed by atoms with van der Waals surface area (Å²) in [5.41, 5.74) is 4.77. The van der Waals surface area contributed by atoms with Crippen LogP contribution in [0.3, 0.4) is 0 Å². The van der Waals surface area contributed by atoms with E-state index in [1.807, 2.05) is 66.6 Å². The Balaban J connectivity index is 1.70. The predicted octanol–water partition coefficient (Wildman–Crippen LogP) is 4.26. The maximum absolute atomic E-state index is 12.5. The summed E-state index contributed by atoms with van der Waals surface area (Å²) in [5, 5.41) is 6.45. The van der Waals surface area contributed by atoms with E-state index in [9.17, 15) is 4.79 Å². The first-order valence-corrected chi connectivity index (χ1v) is 9.82. The van der Waals surface area contributed by atoms with Gasteiger partial charge in [-0.1, -0.05) is 46.8 Å². The van der Waals surface area contributed by atoms with Gasteiger partial charge in [0.15, 0.2) is 0 Å². The highest BCUT2D eigenvalue weighted by Crippen LogP contribution is 2.27. The summed E-state index contributed by atoms with van der Waals surface area (Å²) >= 11 is 3.51. The number of hydrogen-bond donors (Lipinski definition) is 2. The zero-order chi connectivity index (χ0) is 19.2. The number of amides is 1. The number of nitrogens with one attached hydrogen (secondary N) is 2. The van der Waals surface area contributed by atoms with E-state index in [0.29, 0.717) is 0 Å². The second-order valence-corrected chi connectivity index (χ2v) is 7.38. The van der Waals surface area contributed by atoms with Crippen LogP contribution in [0, 0.1) is 0 Å². The Kier molecular flexibility index (Phi) is 6.48. The molecule has 1 heterocycles. The fourth-order valence-electron chi connectivity index (χ4n) is 3.07. The van der Waals surface area contributed by atoms with E-state index in [0.717, 1.165) is 58.6 Å². The van der Waals surface area contributed by atoms with Crippen molar-refractivity contribution in [2.24, 2.45) is 0 Å². The molecule has 0 saturated carbocycles. The average molecular weight is 426 g/mol. The van der Waals surface area contributed by atoms with Gasteiger partial charge in [-0.05, 0) is 41.5 Å². The van der Waals surface area contributed by atoms with Gasteiger partial charge in [0.05, 0.1) is 0 Å². The summed E-state index contributed by atoms with van der Waals surface area (Å²) in [4.78, 5) is 14.4. The number of anilines is 1. The lowest BCUT2D eigenvalue weighted by atomic mass is 10.0. The minimum Gasteiger partial charge on any atom is -0.388 e. The fraction of sp³-hybridized carbons (Fsp3) is 0.227. The van der Waals surface area contributed by atoms with Crippen molar-refractivity contribution in [3.63, 3.8) is 0 Å². The largest absolute Gasteiger partial charge is 0.388 e. The lowest BCUT2D eigenvalue weighted by Crippen LogP contribution is -2.46. The molecule has 2 aromatic rings. The Morgan fingerprint density at radius 1 is 1.19 bits per heavy atom. The number of piperazine rings is 1. The molecule has 1 amide bonds. The van der Waals surface area contributed by atoms with E-state index >= 15 is 0 Å². The average Bonchev–Trinajstić information content (AvgIpc) is 2.72. The smallest absolute Gasteiger partial charge is 0.253 e. The van der Waals surface area contributed by atoms with Crippen LogP contribution < -0.4 is 10.6 Å². The van der Waals surface area contributed by atoms with Crippen LogP contribution in [0.4, 0.5) is 5.69 Å². The van der Waals surface area contributed by atoms with E-state index in [2.05, 4.69) is 33.1 Å². The van der Waals surface area contributed by atoms with Crippen molar-refractivity contribution in [2.75, 3.05) is 38.5 Å². The molecule has 0 unspecified atom stereocenters. The molecule has 0 radical (unpaired) electrons. The van der Waals surface area contributed by atoms with Crippen molar-refractivity contribution < 1.29 is 4.79 Å². The number of nitrogens with zero attached hydrogens (tertiary/aromatic N) is 1. The number of benzene rings is 2. The summed E-state index contributed by atoms with van der Waals surface area (Å²) in [5.74, 6) is 0.101. The van der Waals surface area contributed by atoms with E-state index in [1.54, 1.807) is 0 Å². The molecule has 1 aliphatic heterocycles. The summed E-state index contributed by atoms with van der Waals surface area (Å²) in [6.45, 7) is 7.43.